The van der Waals surface area contributed by atoms with Gasteiger partial charge in [0.05, 0.1) is 11.6 Å². The van der Waals surface area contributed by atoms with Crippen LogP contribution in [0.15, 0.2) is 65.6 Å². The topological polar surface area (TPSA) is 62.3 Å². The Hall–Kier alpha value is -2.99. The first-order chi connectivity index (χ1) is 13.2. The van der Waals surface area contributed by atoms with Crippen molar-refractivity contribution in [2.45, 2.75) is 18.9 Å². The molecule has 6 heteroatoms. The van der Waals surface area contributed by atoms with Crippen molar-refractivity contribution in [2.75, 3.05) is 11.9 Å². The maximum atomic E-state index is 13.1. The van der Waals surface area contributed by atoms with Gasteiger partial charge in [0.15, 0.2) is 0 Å². The summed E-state index contributed by atoms with van der Waals surface area (Å²) in [5.41, 5.74) is 2.86. The molecular formula is C21H19N3O2S. The molecule has 0 spiro atoms. The van der Waals surface area contributed by atoms with Gasteiger partial charge in [0, 0.05) is 30.2 Å². The number of carbonyl (C=O) groups is 2. The lowest BCUT2D eigenvalue weighted by atomic mass is 10.1. The van der Waals surface area contributed by atoms with Crippen LogP contribution < -0.4 is 5.32 Å². The lowest BCUT2D eigenvalue weighted by molar-refractivity contribution is 0.0735. The van der Waals surface area contributed by atoms with Crippen LogP contribution >= 0.6 is 11.3 Å². The third-order valence-corrected chi connectivity index (χ3v) is 5.43. The summed E-state index contributed by atoms with van der Waals surface area (Å²) in [5.74, 6) is -0.244. The third kappa shape index (κ3) is 3.75. The summed E-state index contributed by atoms with van der Waals surface area (Å²) in [6.45, 7) is 0.756. The minimum absolute atomic E-state index is 0.00109. The SMILES string of the molecule is O=C(Nc1cccc(C(=O)N2CCC[C@@H]2c2ccsc2)c1)c1cccnc1. The van der Waals surface area contributed by atoms with Crippen LogP contribution in [0.2, 0.25) is 0 Å². The Kier molecular flexibility index (Phi) is 4.98. The average molecular weight is 377 g/mol. The number of amides is 2. The molecule has 27 heavy (non-hydrogen) atoms. The standard InChI is InChI=1S/C21H19N3O2S/c25-20(16-5-2-9-22-13-16)23-18-6-1-4-15(12-18)21(26)24-10-3-7-19(24)17-8-11-27-14-17/h1-2,4-6,8-9,11-14,19H,3,7,10H2,(H,23,25)/t19-/m1/s1. The molecule has 0 saturated carbocycles. The molecule has 1 N–H and O–H groups in total. The molecule has 1 aromatic carbocycles. The van der Waals surface area contributed by atoms with Gasteiger partial charge in [-0.3, -0.25) is 14.6 Å². The van der Waals surface area contributed by atoms with E-state index in [0.717, 1.165) is 19.4 Å². The van der Waals surface area contributed by atoms with Gasteiger partial charge in [-0.15, -0.1) is 0 Å². The fraction of sp³-hybridized carbons (Fsp3) is 0.190. The van der Waals surface area contributed by atoms with E-state index in [0.29, 0.717) is 16.8 Å². The van der Waals surface area contributed by atoms with Crippen molar-refractivity contribution in [1.29, 1.82) is 0 Å². The maximum absolute atomic E-state index is 13.1. The van der Waals surface area contributed by atoms with Gasteiger partial charge in [0.1, 0.15) is 0 Å². The summed E-state index contributed by atoms with van der Waals surface area (Å²) in [7, 11) is 0. The molecule has 0 bridgehead atoms. The maximum Gasteiger partial charge on any atom is 0.257 e. The Labute approximate surface area is 161 Å². The highest BCUT2D eigenvalue weighted by Gasteiger charge is 2.30. The molecule has 1 atom stereocenters. The minimum Gasteiger partial charge on any atom is -0.332 e. The summed E-state index contributed by atoms with van der Waals surface area (Å²) in [6, 6.07) is 12.8. The van der Waals surface area contributed by atoms with Gasteiger partial charge in [-0.25, -0.2) is 0 Å². The number of nitrogens with zero attached hydrogens (tertiary/aromatic N) is 2. The van der Waals surface area contributed by atoms with Crippen LogP contribution in [-0.2, 0) is 0 Å². The number of hydrogen-bond acceptors (Lipinski definition) is 4. The number of aromatic nitrogens is 1. The molecule has 3 heterocycles. The van der Waals surface area contributed by atoms with Crippen LogP contribution in [0.5, 0.6) is 0 Å². The van der Waals surface area contributed by atoms with Crippen molar-refractivity contribution < 1.29 is 9.59 Å². The van der Waals surface area contributed by atoms with E-state index in [1.807, 2.05) is 10.3 Å². The van der Waals surface area contributed by atoms with Gasteiger partial charge >= 0.3 is 0 Å². The van der Waals surface area contributed by atoms with Crippen molar-refractivity contribution in [3.05, 3.63) is 82.3 Å². The monoisotopic (exact) mass is 377 g/mol. The number of anilines is 1. The van der Waals surface area contributed by atoms with Crippen LogP contribution in [-0.4, -0.2) is 28.2 Å². The van der Waals surface area contributed by atoms with Gasteiger partial charge in [-0.1, -0.05) is 6.07 Å². The molecule has 5 nitrogen and oxygen atoms in total. The molecule has 1 aliphatic heterocycles. The second-order valence-corrected chi connectivity index (χ2v) is 7.27. The van der Waals surface area contributed by atoms with E-state index >= 15 is 0 Å². The summed E-state index contributed by atoms with van der Waals surface area (Å²) >= 11 is 1.65. The summed E-state index contributed by atoms with van der Waals surface area (Å²) < 4.78 is 0. The highest BCUT2D eigenvalue weighted by molar-refractivity contribution is 7.08. The van der Waals surface area contributed by atoms with E-state index in [9.17, 15) is 9.59 Å². The highest BCUT2D eigenvalue weighted by Crippen LogP contribution is 2.34. The number of thiophene rings is 1. The molecule has 4 rings (SSSR count). The van der Waals surface area contributed by atoms with E-state index < -0.39 is 0 Å². The first kappa shape index (κ1) is 17.4. The minimum atomic E-state index is -0.245. The lowest BCUT2D eigenvalue weighted by Crippen LogP contribution is -2.30. The zero-order chi connectivity index (χ0) is 18.6. The Morgan fingerprint density at radius 2 is 2.04 bits per heavy atom. The van der Waals surface area contributed by atoms with Crippen molar-refractivity contribution in [3.63, 3.8) is 0 Å². The number of carbonyl (C=O) groups excluding carboxylic acids is 2. The van der Waals surface area contributed by atoms with Crippen LogP contribution in [0.4, 0.5) is 5.69 Å². The molecule has 2 amide bonds. The van der Waals surface area contributed by atoms with E-state index in [1.54, 1.807) is 53.9 Å². The molecule has 1 fully saturated rings. The van der Waals surface area contributed by atoms with Gasteiger partial charge in [0.2, 0.25) is 0 Å². The Bertz CT molecular complexity index is 941. The van der Waals surface area contributed by atoms with Gasteiger partial charge in [0.25, 0.3) is 11.8 Å². The molecular weight excluding hydrogens is 358 g/mol. The second kappa shape index (κ2) is 7.72. The second-order valence-electron chi connectivity index (χ2n) is 6.49. The first-order valence-corrected chi connectivity index (χ1v) is 9.81. The highest BCUT2D eigenvalue weighted by atomic mass is 32.1. The fourth-order valence-corrected chi connectivity index (χ4v) is 4.12. The molecule has 136 valence electrons. The molecule has 1 saturated heterocycles. The number of pyridine rings is 1. The quantitative estimate of drug-likeness (QED) is 0.734. The van der Waals surface area contributed by atoms with Crippen molar-refractivity contribution in [3.8, 4) is 0 Å². The molecule has 1 aliphatic rings. The Morgan fingerprint density at radius 3 is 2.81 bits per heavy atom. The van der Waals surface area contributed by atoms with Crippen LogP contribution in [0, 0.1) is 0 Å². The van der Waals surface area contributed by atoms with Crippen molar-refractivity contribution in [2.24, 2.45) is 0 Å². The summed E-state index contributed by atoms with van der Waals surface area (Å²) in [4.78, 5) is 31.3. The molecule has 2 aromatic heterocycles. The molecule has 0 aliphatic carbocycles. The molecule has 0 radical (unpaired) electrons. The number of rotatable bonds is 4. The number of likely N-dealkylation sites (tertiary alicyclic amines) is 1. The smallest absolute Gasteiger partial charge is 0.257 e. The van der Waals surface area contributed by atoms with E-state index in [2.05, 4.69) is 21.7 Å². The van der Waals surface area contributed by atoms with Gasteiger partial charge < -0.3 is 10.2 Å². The van der Waals surface area contributed by atoms with Gasteiger partial charge in [-0.05, 0) is 65.6 Å². The third-order valence-electron chi connectivity index (χ3n) is 4.73. The van der Waals surface area contributed by atoms with E-state index in [1.165, 1.54) is 11.8 Å². The number of hydrogen-bond donors (Lipinski definition) is 1. The Balaban J connectivity index is 1.52. The predicted octanol–water partition coefficient (Wildman–Crippen LogP) is 4.37. The van der Waals surface area contributed by atoms with Crippen LogP contribution in [0.1, 0.15) is 45.2 Å². The average Bonchev–Trinajstić information content (AvgIpc) is 3.39. The van der Waals surface area contributed by atoms with Gasteiger partial charge in [-0.2, -0.15) is 11.3 Å². The van der Waals surface area contributed by atoms with E-state index in [4.69, 9.17) is 0 Å². The number of nitrogens with one attached hydrogen (secondary N) is 1. The zero-order valence-electron chi connectivity index (χ0n) is 14.7. The van der Waals surface area contributed by atoms with Crippen molar-refractivity contribution >= 4 is 28.8 Å². The number of benzene rings is 1. The molecule has 0 unspecified atom stereocenters. The van der Waals surface area contributed by atoms with Crippen LogP contribution in [0.25, 0.3) is 0 Å². The van der Waals surface area contributed by atoms with Crippen LogP contribution in [0.3, 0.4) is 0 Å². The van der Waals surface area contributed by atoms with E-state index in [-0.39, 0.29) is 17.9 Å². The normalized spacial score (nSPS) is 16.3. The largest absolute Gasteiger partial charge is 0.332 e. The zero-order valence-corrected chi connectivity index (χ0v) is 15.5. The molecule has 3 aromatic rings. The fourth-order valence-electron chi connectivity index (χ4n) is 3.42. The lowest BCUT2D eigenvalue weighted by Gasteiger charge is -2.24. The van der Waals surface area contributed by atoms with Crippen molar-refractivity contribution in [1.82, 2.24) is 9.88 Å². The summed E-state index contributed by atoms with van der Waals surface area (Å²) in [6.07, 6.45) is 5.12. The predicted molar refractivity (Wildman–Crippen MR) is 106 cm³/mol. The first-order valence-electron chi connectivity index (χ1n) is 8.87. The Morgan fingerprint density at radius 1 is 1.15 bits per heavy atom. The summed E-state index contributed by atoms with van der Waals surface area (Å²) in [5, 5.41) is 6.99.